The molecule has 1 heterocycles. The van der Waals surface area contributed by atoms with Crippen LogP contribution >= 0.6 is 11.6 Å². The van der Waals surface area contributed by atoms with Crippen LogP contribution < -0.4 is 9.73 Å². The van der Waals surface area contributed by atoms with Crippen molar-refractivity contribution in [3.05, 3.63) is 117 Å². The van der Waals surface area contributed by atoms with Gasteiger partial charge in [0.05, 0.1) is 24.7 Å². The van der Waals surface area contributed by atoms with Crippen LogP contribution in [0.5, 0.6) is 0 Å². The zero-order valence-corrected chi connectivity index (χ0v) is 24.1. The smallest absolute Gasteiger partial charge is 0.271 e. The SMILES string of the molecule is Cc1ccc(N(Cc2ccc(C(=O)N/N=C\c3cc(C)n(-c4cccc(Cl)c4)c3C)cc2)S(C)(=O)=O)cc1C. The van der Waals surface area contributed by atoms with E-state index in [2.05, 4.69) is 15.1 Å². The van der Waals surface area contributed by atoms with E-state index in [0.29, 0.717) is 16.3 Å². The second-order valence-electron chi connectivity index (χ2n) is 9.58. The van der Waals surface area contributed by atoms with E-state index < -0.39 is 10.0 Å². The number of anilines is 1. The number of amides is 1. The van der Waals surface area contributed by atoms with Crippen LogP contribution in [0, 0.1) is 27.7 Å². The predicted octanol–water partition coefficient (Wildman–Crippen LogP) is 6.09. The molecule has 1 amide bonds. The number of hydrogen-bond acceptors (Lipinski definition) is 4. The average Bonchev–Trinajstić information content (AvgIpc) is 3.16. The average molecular weight is 563 g/mol. The molecule has 1 aromatic heterocycles. The van der Waals surface area contributed by atoms with Gasteiger partial charge in [0.25, 0.3) is 5.91 Å². The third-order valence-electron chi connectivity index (χ3n) is 6.63. The highest BCUT2D eigenvalue weighted by molar-refractivity contribution is 7.92. The highest BCUT2D eigenvalue weighted by atomic mass is 35.5. The van der Waals surface area contributed by atoms with Gasteiger partial charge in [-0.25, -0.2) is 13.8 Å². The van der Waals surface area contributed by atoms with Gasteiger partial charge in [0.1, 0.15) is 0 Å². The Labute approximate surface area is 234 Å². The molecule has 0 fully saturated rings. The quantitative estimate of drug-likeness (QED) is 0.208. The molecule has 0 unspecified atom stereocenters. The number of nitrogens with one attached hydrogen (secondary N) is 1. The summed E-state index contributed by atoms with van der Waals surface area (Å²) in [7, 11) is -3.51. The highest BCUT2D eigenvalue weighted by Gasteiger charge is 2.19. The number of carbonyl (C=O) groups excluding carboxylic acids is 1. The summed E-state index contributed by atoms with van der Waals surface area (Å²) in [4.78, 5) is 12.7. The Morgan fingerprint density at radius 1 is 0.974 bits per heavy atom. The van der Waals surface area contributed by atoms with Gasteiger partial charge in [-0.15, -0.1) is 0 Å². The standard InChI is InChI=1S/C30H31ClN4O3S/c1-20-9-14-28(15-21(20)2)34(39(5,37)38)19-24-10-12-25(13-11-24)30(36)33-32-18-26-16-22(3)35(23(26)4)29-8-6-7-27(31)17-29/h6-18H,19H2,1-5H3,(H,33,36)/b32-18-. The largest absolute Gasteiger partial charge is 0.318 e. The minimum absolute atomic E-state index is 0.156. The van der Waals surface area contributed by atoms with E-state index >= 15 is 0 Å². The highest BCUT2D eigenvalue weighted by Crippen LogP contribution is 2.24. The van der Waals surface area contributed by atoms with Gasteiger partial charge >= 0.3 is 0 Å². The molecule has 39 heavy (non-hydrogen) atoms. The summed E-state index contributed by atoms with van der Waals surface area (Å²) in [6.45, 7) is 8.07. The number of benzene rings is 3. The lowest BCUT2D eigenvalue weighted by atomic mass is 10.1. The van der Waals surface area contributed by atoms with Gasteiger partial charge in [0.15, 0.2) is 0 Å². The van der Waals surface area contributed by atoms with E-state index in [1.807, 2.05) is 70.2 Å². The predicted molar refractivity (Wildman–Crippen MR) is 159 cm³/mol. The van der Waals surface area contributed by atoms with Crippen molar-refractivity contribution in [2.75, 3.05) is 10.6 Å². The molecule has 0 saturated heterocycles. The molecule has 0 radical (unpaired) electrons. The van der Waals surface area contributed by atoms with Crippen LogP contribution in [-0.4, -0.2) is 31.4 Å². The lowest BCUT2D eigenvalue weighted by molar-refractivity contribution is 0.0955. The van der Waals surface area contributed by atoms with E-state index in [1.165, 1.54) is 10.6 Å². The van der Waals surface area contributed by atoms with E-state index in [0.717, 1.165) is 39.3 Å². The number of nitrogens with zero attached hydrogens (tertiary/aromatic N) is 3. The maximum absolute atomic E-state index is 12.7. The number of carbonyl (C=O) groups is 1. The number of aryl methyl sites for hydroxylation is 3. The molecule has 9 heteroatoms. The summed E-state index contributed by atoms with van der Waals surface area (Å²) in [5.41, 5.74) is 10.3. The molecule has 3 aromatic carbocycles. The maximum atomic E-state index is 12.7. The fourth-order valence-corrected chi connectivity index (χ4v) is 5.43. The molecular formula is C30H31ClN4O3S. The summed E-state index contributed by atoms with van der Waals surface area (Å²) < 4.78 is 28.5. The Balaban J connectivity index is 1.45. The molecule has 7 nitrogen and oxygen atoms in total. The molecule has 202 valence electrons. The molecule has 0 aliphatic rings. The van der Waals surface area contributed by atoms with Crippen LogP contribution in [0.4, 0.5) is 5.69 Å². The summed E-state index contributed by atoms with van der Waals surface area (Å²) in [5, 5.41) is 4.81. The van der Waals surface area contributed by atoms with Crippen molar-refractivity contribution in [2.24, 2.45) is 5.10 Å². The number of hydrogen-bond donors (Lipinski definition) is 1. The maximum Gasteiger partial charge on any atom is 0.271 e. The fraction of sp³-hybridized carbons (Fsp3) is 0.200. The normalized spacial score (nSPS) is 11.6. The topological polar surface area (TPSA) is 83.8 Å². The van der Waals surface area contributed by atoms with Crippen molar-refractivity contribution < 1.29 is 13.2 Å². The Kier molecular flexibility index (Phi) is 8.28. The molecule has 0 aliphatic carbocycles. The second-order valence-corrected chi connectivity index (χ2v) is 11.9. The molecule has 0 atom stereocenters. The number of sulfonamides is 1. The molecule has 1 N–H and O–H groups in total. The Morgan fingerprint density at radius 3 is 2.33 bits per heavy atom. The summed E-state index contributed by atoms with van der Waals surface area (Å²) in [6, 6.07) is 22.0. The molecule has 0 bridgehead atoms. The first-order valence-corrected chi connectivity index (χ1v) is 14.6. The van der Waals surface area contributed by atoms with Gasteiger partial charge < -0.3 is 4.57 Å². The van der Waals surface area contributed by atoms with Crippen LogP contribution in [0.15, 0.2) is 77.9 Å². The van der Waals surface area contributed by atoms with Gasteiger partial charge in [-0.1, -0.05) is 35.9 Å². The van der Waals surface area contributed by atoms with Crippen molar-refractivity contribution in [3.8, 4) is 5.69 Å². The van der Waals surface area contributed by atoms with E-state index in [4.69, 9.17) is 11.6 Å². The minimum Gasteiger partial charge on any atom is -0.318 e. The van der Waals surface area contributed by atoms with E-state index in [9.17, 15) is 13.2 Å². The van der Waals surface area contributed by atoms with Gasteiger partial charge in [-0.2, -0.15) is 5.10 Å². The summed E-state index contributed by atoms with van der Waals surface area (Å²) in [6.07, 6.45) is 2.80. The van der Waals surface area contributed by atoms with Crippen LogP contribution in [0.2, 0.25) is 5.02 Å². The Hall–Kier alpha value is -3.88. The lowest BCUT2D eigenvalue weighted by Crippen LogP contribution is -2.29. The number of halogens is 1. The Morgan fingerprint density at radius 2 is 1.69 bits per heavy atom. The minimum atomic E-state index is -3.51. The van der Waals surface area contributed by atoms with Crippen LogP contribution in [-0.2, 0) is 16.6 Å². The van der Waals surface area contributed by atoms with Crippen molar-refractivity contribution in [1.29, 1.82) is 0 Å². The van der Waals surface area contributed by atoms with E-state index in [1.54, 1.807) is 36.5 Å². The van der Waals surface area contributed by atoms with Crippen LogP contribution in [0.1, 0.15) is 44.0 Å². The van der Waals surface area contributed by atoms with Crippen LogP contribution in [0.25, 0.3) is 5.69 Å². The monoisotopic (exact) mass is 562 g/mol. The molecule has 0 saturated carbocycles. The zero-order chi connectivity index (χ0) is 28.3. The molecular weight excluding hydrogens is 532 g/mol. The van der Waals surface area contributed by atoms with Crippen molar-refractivity contribution >= 4 is 39.4 Å². The first-order chi connectivity index (χ1) is 18.4. The lowest BCUT2D eigenvalue weighted by Gasteiger charge is -2.23. The van der Waals surface area contributed by atoms with Gasteiger partial charge in [0, 0.05) is 33.2 Å². The molecule has 0 aliphatic heterocycles. The number of rotatable bonds is 8. The van der Waals surface area contributed by atoms with Crippen molar-refractivity contribution in [2.45, 2.75) is 34.2 Å². The number of aromatic nitrogens is 1. The Bertz CT molecular complexity index is 1660. The first kappa shape index (κ1) is 28.1. The van der Waals surface area contributed by atoms with E-state index in [-0.39, 0.29) is 12.5 Å². The fourth-order valence-electron chi connectivity index (χ4n) is 4.36. The third-order valence-corrected chi connectivity index (χ3v) is 8.00. The molecule has 4 rings (SSSR count). The van der Waals surface area contributed by atoms with Crippen molar-refractivity contribution in [1.82, 2.24) is 9.99 Å². The molecule has 4 aromatic rings. The second kappa shape index (κ2) is 11.5. The molecule has 0 spiro atoms. The number of hydrazone groups is 1. The van der Waals surface area contributed by atoms with Gasteiger partial charge in [0.2, 0.25) is 10.0 Å². The summed E-state index contributed by atoms with van der Waals surface area (Å²) in [5.74, 6) is -0.365. The van der Waals surface area contributed by atoms with Gasteiger partial charge in [-0.3, -0.25) is 9.10 Å². The van der Waals surface area contributed by atoms with Crippen LogP contribution in [0.3, 0.4) is 0 Å². The zero-order valence-electron chi connectivity index (χ0n) is 22.6. The third kappa shape index (κ3) is 6.58. The van der Waals surface area contributed by atoms with Gasteiger partial charge in [-0.05, 0) is 92.9 Å². The van der Waals surface area contributed by atoms with Crippen molar-refractivity contribution in [3.63, 3.8) is 0 Å². The summed E-state index contributed by atoms with van der Waals surface area (Å²) >= 11 is 6.16. The first-order valence-electron chi connectivity index (χ1n) is 12.4.